The van der Waals surface area contributed by atoms with Gasteiger partial charge in [0.2, 0.25) is 11.8 Å². The lowest BCUT2D eigenvalue weighted by molar-refractivity contribution is -0.117. The average molecular weight is 803 g/mol. The van der Waals surface area contributed by atoms with Crippen LogP contribution in [0.15, 0.2) is 109 Å². The molecular weight excluding hydrogens is 741 g/mol. The third-order valence-electron chi connectivity index (χ3n) is 9.86. The highest BCUT2D eigenvalue weighted by molar-refractivity contribution is 5.91. The fourth-order valence-electron chi connectivity index (χ4n) is 6.46. The van der Waals surface area contributed by atoms with Crippen molar-refractivity contribution >= 4 is 41.6 Å². The summed E-state index contributed by atoms with van der Waals surface area (Å²) in [5, 5.41) is 9.24. The minimum Gasteiger partial charge on any atom is -0.497 e. The molecule has 0 aliphatic carbocycles. The van der Waals surface area contributed by atoms with Gasteiger partial charge in [0.15, 0.2) is 0 Å². The van der Waals surface area contributed by atoms with Crippen LogP contribution in [0, 0.1) is 13.8 Å². The van der Waals surface area contributed by atoms with Gasteiger partial charge in [0.1, 0.15) is 17.8 Å². The van der Waals surface area contributed by atoms with Gasteiger partial charge in [-0.15, -0.1) is 0 Å². The van der Waals surface area contributed by atoms with Gasteiger partial charge < -0.3 is 35.2 Å². The Labute approximate surface area is 351 Å². The van der Waals surface area contributed by atoms with Crippen molar-refractivity contribution in [2.45, 2.75) is 26.7 Å². The summed E-state index contributed by atoms with van der Waals surface area (Å²) in [5.41, 5.74) is 6.26. The lowest BCUT2D eigenvalue weighted by Gasteiger charge is -2.34. The van der Waals surface area contributed by atoms with Crippen LogP contribution in [0.3, 0.4) is 0 Å². The van der Waals surface area contributed by atoms with Crippen molar-refractivity contribution < 1.29 is 23.9 Å². The molecule has 0 aromatic heterocycles. The molecule has 3 N–H and O–H groups in total. The summed E-state index contributed by atoms with van der Waals surface area (Å²) < 4.78 is 10.2. The van der Waals surface area contributed by atoms with E-state index in [9.17, 15) is 14.4 Å². The first kappa shape index (κ1) is 46.1. The van der Waals surface area contributed by atoms with E-state index in [0.717, 1.165) is 118 Å². The largest absolute Gasteiger partial charge is 0.497 e. The van der Waals surface area contributed by atoms with E-state index in [0.29, 0.717) is 12.8 Å². The molecule has 0 atom stereocenters. The molecule has 314 valence electrons. The lowest BCUT2D eigenvalue weighted by Crippen LogP contribution is -2.46. The van der Waals surface area contributed by atoms with Crippen LogP contribution in [-0.4, -0.2) is 119 Å². The number of carbonyl (C=O) groups excluding carboxylic acids is 3. The van der Waals surface area contributed by atoms with Gasteiger partial charge in [-0.05, 0) is 90.7 Å². The van der Waals surface area contributed by atoms with Gasteiger partial charge in [-0.25, -0.2) is 0 Å². The molecule has 0 spiro atoms. The number of aryl methyl sites for hydroxylation is 2. The number of aldehydes is 1. The summed E-state index contributed by atoms with van der Waals surface area (Å²) in [6, 6.07) is 31.4. The monoisotopic (exact) mass is 802 g/mol. The zero-order valence-corrected chi connectivity index (χ0v) is 35.2. The summed E-state index contributed by atoms with van der Waals surface area (Å²) in [5.74, 6) is 1.88. The quantitative estimate of drug-likeness (QED) is 0.0883. The number of methoxy groups -OCH3 is 2. The molecule has 11 heteroatoms. The topological polar surface area (TPSA) is 115 Å². The van der Waals surface area contributed by atoms with E-state index in [-0.39, 0.29) is 11.8 Å². The number of carbonyl (C=O) groups is 3. The number of anilines is 2. The smallest absolute Gasteiger partial charge is 0.225 e. The molecule has 0 bridgehead atoms. The Morgan fingerprint density at radius 3 is 1.54 bits per heavy atom. The Kier molecular flexibility index (Phi) is 20.6. The number of rotatable bonds is 15. The first-order chi connectivity index (χ1) is 28.7. The second kappa shape index (κ2) is 26.4. The van der Waals surface area contributed by atoms with Crippen molar-refractivity contribution in [3.8, 4) is 11.5 Å². The number of amides is 2. The van der Waals surface area contributed by atoms with Crippen molar-refractivity contribution in [3.63, 3.8) is 0 Å². The molecule has 59 heavy (non-hydrogen) atoms. The summed E-state index contributed by atoms with van der Waals surface area (Å²) in [4.78, 5) is 41.1. The Hall–Kier alpha value is -5.59. The summed E-state index contributed by atoms with van der Waals surface area (Å²) in [6.45, 7) is 14.9. The van der Waals surface area contributed by atoms with Crippen LogP contribution >= 0.6 is 0 Å². The molecule has 6 rings (SSSR count). The number of benzene rings is 4. The molecule has 2 aliphatic heterocycles. The molecule has 4 aromatic rings. The molecule has 4 aromatic carbocycles. The SMILES string of the molecule is COc1ccc(/C=C/C=O)cc1.COc1ccc(/C=C/CN2CCN(CCC(=O)Nc3cccc(C)c3)CC2)cc1.Cc1cccc(NC(=O)CCN2CCNCC2)c1. The van der Waals surface area contributed by atoms with Crippen molar-refractivity contribution in [2.75, 3.05) is 96.8 Å². The highest BCUT2D eigenvalue weighted by atomic mass is 16.5. The van der Waals surface area contributed by atoms with Gasteiger partial charge >= 0.3 is 0 Å². The number of hydrogen-bond acceptors (Lipinski definition) is 9. The Morgan fingerprint density at radius 1 is 0.627 bits per heavy atom. The summed E-state index contributed by atoms with van der Waals surface area (Å²) in [6.07, 6.45) is 9.42. The second-order valence-corrected chi connectivity index (χ2v) is 14.5. The maximum Gasteiger partial charge on any atom is 0.225 e. The van der Waals surface area contributed by atoms with E-state index in [4.69, 9.17) is 9.47 Å². The zero-order chi connectivity index (χ0) is 42.1. The minimum absolute atomic E-state index is 0.0838. The number of ether oxygens (including phenoxy) is 2. The molecular formula is C48H62N6O5. The molecule has 11 nitrogen and oxygen atoms in total. The van der Waals surface area contributed by atoms with Crippen molar-refractivity contribution in [2.24, 2.45) is 0 Å². The van der Waals surface area contributed by atoms with E-state index in [2.05, 4.69) is 54.9 Å². The fraction of sp³-hybridized carbons (Fsp3) is 0.354. The van der Waals surface area contributed by atoms with Crippen LogP contribution in [-0.2, 0) is 14.4 Å². The fourth-order valence-corrected chi connectivity index (χ4v) is 6.46. The van der Waals surface area contributed by atoms with Crippen LogP contribution in [0.4, 0.5) is 11.4 Å². The average Bonchev–Trinajstić information content (AvgIpc) is 3.26. The molecule has 2 saturated heterocycles. The van der Waals surface area contributed by atoms with E-state index in [1.54, 1.807) is 20.3 Å². The number of allylic oxidation sites excluding steroid dienone is 1. The molecule has 2 heterocycles. The lowest BCUT2D eigenvalue weighted by atomic mass is 10.2. The third kappa shape index (κ3) is 18.7. The van der Waals surface area contributed by atoms with E-state index in [1.165, 1.54) is 11.6 Å². The Balaban J connectivity index is 0.000000217. The zero-order valence-electron chi connectivity index (χ0n) is 35.2. The Morgan fingerprint density at radius 2 is 1.08 bits per heavy atom. The predicted molar refractivity (Wildman–Crippen MR) is 241 cm³/mol. The van der Waals surface area contributed by atoms with Crippen molar-refractivity contribution in [3.05, 3.63) is 131 Å². The van der Waals surface area contributed by atoms with Crippen molar-refractivity contribution in [1.29, 1.82) is 0 Å². The van der Waals surface area contributed by atoms with E-state index in [1.807, 2.05) is 98.8 Å². The van der Waals surface area contributed by atoms with Crippen LogP contribution in [0.1, 0.15) is 35.1 Å². The maximum absolute atomic E-state index is 12.2. The second-order valence-electron chi connectivity index (χ2n) is 14.5. The maximum atomic E-state index is 12.2. The standard InChI is InChI=1S/C24H31N3O2.C14H21N3O.C10H10O2/c1-20-5-3-7-22(19-20)25-24(28)12-14-27-17-15-26(16-18-27)13-4-6-21-8-10-23(29-2)11-9-21;1-12-3-2-4-13(11-12)16-14(18)5-8-17-9-6-15-7-10-17;1-12-10-6-4-9(5-7-10)3-2-8-11/h3-11,19H,12-18H2,1-2H3,(H,25,28);2-4,11,15H,5-10H2,1H3,(H,16,18);2-8H,1H3/b6-4+;;3-2+. The van der Waals surface area contributed by atoms with Gasteiger partial charge in [-0.3, -0.25) is 19.3 Å². The van der Waals surface area contributed by atoms with E-state index < -0.39 is 0 Å². The predicted octanol–water partition coefficient (Wildman–Crippen LogP) is 6.80. The van der Waals surface area contributed by atoms with Crippen LogP contribution in [0.5, 0.6) is 11.5 Å². The van der Waals surface area contributed by atoms with Crippen LogP contribution in [0.2, 0.25) is 0 Å². The van der Waals surface area contributed by atoms with E-state index >= 15 is 0 Å². The molecule has 2 amide bonds. The number of nitrogens with zero attached hydrogens (tertiary/aromatic N) is 3. The Bertz CT molecular complexity index is 1900. The highest BCUT2D eigenvalue weighted by Crippen LogP contribution is 2.15. The minimum atomic E-state index is 0.0838. The first-order valence-electron chi connectivity index (χ1n) is 20.4. The van der Waals surface area contributed by atoms with Crippen LogP contribution < -0.4 is 25.4 Å². The number of hydrogen-bond donors (Lipinski definition) is 3. The van der Waals surface area contributed by atoms with Gasteiger partial charge in [0.25, 0.3) is 0 Å². The number of nitrogens with one attached hydrogen (secondary N) is 3. The van der Waals surface area contributed by atoms with Crippen LogP contribution in [0.25, 0.3) is 12.2 Å². The van der Waals surface area contributed by atoms with Gasteiger partial charge in [0, 0.05) is 96.2 Å². The number of piperazine rings is 2. The third-order valence-corrected chi connectivity index (χ3v) is 9.86. The summed E-state index contributed by atoms with van der Waals surface area (Å²) in [7, 11) is 3.30. The molecule has 0 saturated carbocycles. The normalized spacial score (nSPS) is 14.7. The molecule has 0 unspecified atom stereocenters. The van der Waals surface area contributed by atoms with Gasteiger partial charge in [-0.2, -0.15) is 0 Å². The molecule has 0 radical (unpaired) electrons. The highest BCUT2D eigenvalue weighted by Gasteiger charge is 2.17. The van der Waals surface area contributed by atoms with Crippen molar-refractivity contribution in [1.82, 2.24) is 20.0 Å². The first-order valence-corrected chi connectivity index (χ1v) is 20.4. The molecule has 2 fully saturated rings. The van der Waals surface area contributed by atoms with Gasteiger partial charge in [0.05, 0.1) is 14.2 Å². The summed E-state index contributed by atoms with van der Waals surface area (Å²) >= 11 is 0. The van der Waals surface area contributed by atoms with Gasteiger partial charge in [-0.1, -0.05) is 66.8 Å². The molecule has 2 aliphatic rings.